The van der Waals surface area contributed by atoms with Crippen LogP contribution in [-0.4, -0.2) is 41.8 Å². The molecule has 1 saturated heterocycles. The van der Waals surface area contributed by atoms with Gasteiger partial charge in [0.25, 0.3) is 0 Å². The van der Waals surface area contributed by atoms with Crippen LogP contribution in [0.5, 0.6) is 0 Å². The summed E-state index contributed by atoms with van der Waals surface area (Å²) in [6.07, 6.45) is 1.10. The predicted octanol–water partition coefficient (Wildman–Crippen LogP) is 2.13. The second-order valence-corrected chi connectivity index (χ2v) is 4.72. The summed E-state index contributed by atoms with van der Waals surface area (Å²) >= 11 is 0. The summed E-state index contributed by atoms with van der Waals surface area (Å²) in [5.74, 6) is -1.86. The van der Waals surface area contributed by atoms with Gasteiger partial charge in [0.2, 0.25) is 0 Å². The standard InChI is InChI=1S/C14H18FNO3/c1-2-11-9-16(6-7-19-11)8-10-4-3-5-12(13(10)15)14(17)18/h3-5,11H,2,6-9H2,1H3,(H,17,18). The monoisotopic (exact) mass is 267 g/mol. The first-order valence-electron chi connectivity index (χ1n) is 6.46. The van der Waals surface area contributed by atoms with Crippen molar-refractivity contribution in [2.45, 2.75) is 26.0 Å². The molecule has 1 aliphatic heterocycles. The van der Waals surface area contributed by atoms with Gasteiger partial charge in [0.15, 0.2) is 0 Å². The maximum Gasteiger partial charge on any atom is 0.338 e. The van der Waals surface area contributed by atoms with E-state index in [1.54, 1.807) is 12.1 Å². The minimum absolute atomic E-state index is 0.180. The Morgan fingerprint density at radius 2 is 2.37 bits per heavy atom. The zero-order chi connectivity index (χ0) is 13.8. The van der Waals surface area contributed by atoms with Crippen LogP contribution in [0.1, 0.15) is 29.3 Å². The molecule has 104 valence electrons. The van der Waals surface area contributed by atoms with E-state index in [9.17, 15) is 9.18 Å². The van der Waals surface area contributed by atoms with Crippen LogP contribution >= 0.6 is 0 Å². The molecule has 0 radical (unpaired) electrons. The van der Waals surface area contributed by atoms with Crippen molar-refractivity contribution in [3.8, 4) is 0 Å². The third kappa shape index (κ3) is 3.30. The highest BCUT2D eigenvalue weighted by Gasteiger charge is 2.21. The van der Waals surface area contributed by atoms with E-state index < -0.39 is 11.8 Å². The van der Waals surface area contributed by atoms with Gasteiger partial charge in [-0.2, -0.15) is 0 Å². The third-order valence-corrected chi connectivity index (χ3v) is 3.38. The first kappa shape index (κ1) is 14.0. The first-order chi connectivity index (χ1) is 9.11. The van der Waals surface area contributed by atoms with Crippen molar-refractivity contribution >= 4 is 5.97 Å². The lowest BCUT2D eigenvalue weighted by atomic mass is 10.1. The number of halogens is 1. The highest BCUT2D eigenvalue weighted by Crippen LogP contribution is 2.17. The Kier molecular flexibility index (Phi) is 4.50. The first-order valence-corrected chi connectivity index (χ1v) is 6.46. The molecule has 1 atom stereocenters. The Balaban J connectivity index is 2.10. The molecule has 19 heavy (non-hydrogen) atoms. The second kappa shape index (κ2) is 6.12. The number of hydrogen-bond acceptors (Lipinski definition) is 3. The number of carbonyl (C=O) groups is 1. The largest absolute Gasteiger partial charge is 0.478 e. The van der Waals surface area contributed by atoms with E-state index in [0.29, 0.717) is 18.7 Å². The highest BCUT2D eigenvalue weighted by molar-refractivity contribution is 5.88. The van der Waals surface area contributed by atoms with Crippen molar-refractivity contribution in [3.05, 3.63) is 35.1 Å². The van der Waals surface area contributed by atoms with Crippen LogP contribution in [0, 0.1) is 5.82 Å². The topological polar surface area (TPSA) is 49.8 Å². The van der Waals surface area contributed by atoms with Crippen molar-refractivity contribution in [2.24, 2.45) is 0 Å². The second-order valence-electron chi connectivity index (χ2n) is 4.72. The van der Waals surface area contributed by atoms with Gasteiger partial charge in [0.05, 0.1) is 18.3 Å². The van der Waals surface area contributed by atoms with Crippen LogP contribution in [0.15, 0.2) is 18.2 Å². The van der Waals surface area contributed by atoms with E-state index in [-0.39, 0.29) is 11.7 Å². The zero-order valence-corrected chi connectivity index (χ0v) is 10.9. The van der Waals surface area contributed by atoms with Gasteiger partial charge >= 0.3 is 5.97 Å². The number of carboxylic acids is 1. The van der Waals surface area contributed by atoms with Gasteiger partial charge in [-0.05, 0) is 12.5 Å². The van der Waals surface area contributed by atoms with Crippen molar-refractivity contribution in [3.63, 3.8) is 0 Å². The van der Waals surface area contributed by atoms with Crippen LogP contribution < -0.4 is 0 Å². The number of carboxylic acid groups (broad SMARTS) is 1. The van der Waals surface area contributed by atoms with Crippen molar-refractivity contribution in [2.75, 3.05) is 19.7 Å². The number of rotatable bonds is 4. The molecule has 1 aromatic carbocycles. The van der Waals surface area contributed by atoms with E-state index >= 15 is 0 Å². The van der Waals surface area contributed by atoms with E-state index in [2.05, 4.69) is 11.8 Å². The Bertz CT molecular complexity index is 464. The Morgan fingerprint density at radius 1 is 1.58 bits per heavy atom. The molecule has 0 spiro atoms. The summed E-state index contributed by atoms with van der Waals surface area (Å²) in [7, 11) is 0. The molecule has 1 aliphatic rings. The fourth-order valence-electron chi connectivity index (χ4n) is 2.28. The third-order valence-electron chi connectivity index (χ3n) is 3.38. The summed E-state index contributed by atoms with van der Waals surface area (Å²) in [5, 5.41) is 8.90. The molecule has 0 aromatic heterocycles. The zero-order valence-electron chi connectivity index (χ0n) is 10.9. The summed E-state index contributed by atoms with van der Waals surface area (Å²) in [5.41, 5.74) is 0.162. The van der Waals surface area contributed by atoms with E-state index in [0.717, 1.165) is 19.5 Å². The van der Waals surface area contributed by atoms with Crippen molar-refractivity contribution in [1.82, 2.24) is 4.90 Å². The van der Waals surface area contributed by atoms with Crippen LogP contribution in [0.3, 0.4) is 0 Å². The molecule has 2 rings (SSSR count). The lowest BCUT2D eigenvalue weighted by Crippen LogP contribution is -2.41. The highest BCUT2D eigenvalue weighted by atomic mass is 19.1. The normalized spacial score (nSPS) is 20.4. The van der Waals surface area contributed by atoms with Crippen molar-refractivity contribution < 1.29 is 19.0 Å². The van der Waals surface area contributed by atoms with Gasteiger partial charge in [-0.1, -0.05) is 19.1 Å². The molecule has 1 N–H and O–H groups in total. The molecular weight excluding hydrogens is 249 g/mol. The SMILES string of the molecule is CCC1CN(Cc2cccc(C(=O)O)c2F)CCO1. The number of nitrogens with zero attached hydrogens (tertiary/aromatic N) is 1. The van der Waals surface area contributed by atoms with Crippen LogP contribution in [0.2, 0.25) is 0 Å². The number of aromatic carboxylic acids is 1. The van der Waals surface area contributed by atoms with Crippen LogP contribution in [0.4, 0.5) is 4.39 Å². The number of ether oxygens (including phenoxy) is 1. The number of hydrogen-bond donors (Lipinski definition) is 1. The fraction of sp³-hybridized carbons (Fsp3) is 0.500. The van der Waals surface area contributed by atoms with Gasteiger partial charge in [0, 0.05) is 25.2 Å². The average Bonchev–Trinajstić information content (AvgIpc) is 2.41. The van der Waals surface area contributed by atoms with E-state index in [4.69, 9.17) is 9.84 Å². The van der Waals surface area contributed by atoms with Gasteiger partial charge in [-0.3, -0.25) is 4.90 Å². The van der Waals surface area contributed by atoms with Gasteiger partial charge < -0.3 is 9.84 Å². The van der Waals surface area contributed by atoms with Crippen LogP contribution in [-0.2, 0) is 11.3 Å². The molecule has 1 fully saturated rings. The summed E-state index contributed by atoms with van der Waals surface area (Å²) in [6, 6.07) is 4.51. The lowest BCUT2D eigenvalue weighted by molar-refractivity contribution is -0.0327. The molecule has 1 unspecified atom stereocenters. The Hall–Kier alpha value is -1.46. The molecule has 0 bridgehead atoms. The molecule has 0 amide bonds. The lowest BCUT2D eigenvalue weighted by Gasteiger charge is -2.32. The summed E-state index contributed by atoms with van der Waals surface area (Å²) in [4.78, 5) is 13.0. The molecule has 1 aromatic rings. The average molecular weight is 267 g/mol. The van der Waals surface area contributed by atoms with Gasteiger partial charge in [0.1, 0.15) is 5.82 Å². The maximum atomic E-state index is 14.0. The molecule has 0 saturated carbocycles. The molecule has 1 heterocycles. The minimum Gasteiger partial charge on any atom is -0.478 e. The van der Waals surface area contributed by atoms with Gasteiger partial charge in [-0.25, -0.2) is 9.18 Å². The molecule has 0 aliphatic carbocycles. The number of benzene rings is 1. The Morgan fingerprint density at radius 3 is 3.05 bits per heavy atom. The van der Waals surface area contributed by atoms with Crippen molar-refractivity contribution in [1.29, 1.82) is 0 Å². The number of morpholine rings is 1. The summed E-state index contributed by atoms with van der Waals surface area (Å²) in [6.45, 7) is 4.62. The summed E-state index contributed by atoms with van der Waals surface area (Å²) < 4.78 is 19.6. The Labute approximate surface area is 111 Å². The maximum absolute atomic E-state index is 14.0. The van der Waals surface area contributed by atoms with E-state index in [1.807, 2.05) is 0 Å². The smallest absolute Gasteiger partial charge is 0.338 e. The molecule has 5 heteroatoms. The molecular formula is C14H18FNO3. The minimum atomic E-state index is -1.23. The molecule has 4 nitrogen and oxygen atoms in total. The van der Waals surface area contributed by atoms with E-state index in [1.165, 1.54) is 6.07 Å². The van der Waals surface area contributed by atoms with Crippen LogP contribution in [0.25, 0.3) is 0 Å². The van der Waals surface area contributed by atoms with Gasteiger partial charge in [-0.15, -0.1) is 0 Å². The predicted molar refractivity (Wildman–Crippen MR) is 68.7 cm³/mol. The quantitative estimate of drug-likeness (QED) is 0.908. The fourth-order valence-corrected chi connectivity index (χ4v) is 2.28.